The highest BCUT2D eigenvalue weighted by Gasteiger charge is 2.30. The molecule has 0 saturated heterocycles. The van der Waals surface area contributed by atoms with Crippen molar-refractivity contribution in [3.05, 3.63) is 83.7 Å². The molecule has 32 heavy (non-hydrogen) atoms. The number of fused-ring (bicyclic) bond motifs is 3. The second-order valence-electron chi connectivity index (χ2n) is 7.07. The number of benzene rings is 2. The minimum Gasteiger partial charge on any atom is -0.447 e. The van der Waals surface area contributed by atoms with Crippen molar-refractivity contribution < 1.29 is 4.74 Å². The van der Waals surface area contributed by atoms with E-state index in [9.17, 15) is 0 Å². The van der Waals surface area contributed by atoms with Crippen LogP contribution in [0.25, 0.3) is 16.9 Å². The van der Waals surface area contributed by atoms with Gasteiger partial charge in [0.15, 0.2) is 5.69 Å². The highest BCUT2D eigenvalue weighted by molar-refractivity contribution is 7.99. The van der Waals surface area contributed by atoms with Crippen molar-refractivity contribution in [3.8, 4) is 22.8 Å². The van der Waals surface area contributed by atoms with E-state index in [1.807, 2.05) is 61.5 Å². The van der Waals surface area contributed by atoms with Gasteiger partial charge < -0.3 is 10.1 Å². The largest absolute Gasteiger partial charge is 0.447 e. The molecule has 1 N–H and O–H groups in total. The van der Waals surface area contributed by atoms with Gasteiger partial charge in [-0.05, 0) is 25.1 Å². The Balaban J connectivity index is 1.61. The smallest absolute Gasteiger partial charge is 0.247 e. The summed E-state index contributed by atoms with van der Waals surface area (Å²) in [7, 11) is 0. The summed E-state index contributed by atoms with van der Waals surface area (Å²) in [5, 5.41) is 17.7. The van der Waals surface area contributed by atoms with Crippen LogP contribution >= 0.6 is 23.4 Å². The predicted octanol–water partition coefficient (Wildman–Crippen LogP) is 5.47. The van der Waals surface area contributed by atoms with E-state index in [-0.39, 0.29) is 0 Å². The van der Waals surface area contributed by atoms with E-state index in [4.69, 9.17) is 16.3 Å². The number of aromatic nitrogens is 5. The maximum atomic E-state index is 6.82. The van der Waals surface area contributed by atoms with E-state index in [1.54, 1.807) is 10.8 Å². The van der Waals surface area contributed by atoms with Crippen molar-refractivity contribution in [2.75, 3.05) is 11.1 Å². The topological polar surface area (TPSA) is 77.8 Å². The van der Waals surface area contributed by atoms with Gasteiger partial charge in [0.2, 0.25) is 17.3 Å². The highest BCUT2D eigenvalue weighted by atomic mass is 35.5. The van der Waals surface area contributed by atoms with Crippen LogP contribution in [0.15, 0.2) is 72.4 Å². The molecule has 1 unspecified atom stereocenters. The fraction of sp³-hybridized carbons (Fsp3) is 0.130. The second-order valence-corrected chi connectivity index (χ2v) is 8.42. The molecule has 0 aliphatic carbocycles. The Morgan fingerprint density at radius 3 is 2.75 bits per heavy atom. The van der Waals surface area contributed by atoms with Gasteiger partial charge in [0.05, 0.1) is 16.9 Å². The predicted molar refractivity (Wildman–Crippen MR) is 126 cm³/mol. The Kier molecular flexibility index (Phi) is 5.55. The summed E-state index contributed by atoms with van der Waals surface area (Å²) >= 11 is 8.26. The Morgan fingerprint density at radius 2 is 1.94 bits per heavy atom. The number of rotatable bonds is 5. The molecule has 0 radical (unpaired) electrons. The number of aryl methyl sites for hydroxylation is 1. The number of nitrogens with one attached hydrogen (secondary N) is 1. The van der Waals surface area contributed by atoms with Gasteiger partial charge in [0.25, 0.3) is 0 Å². The lowest BCUT2D eigenvalue weighted by molar-refractivity contribution is 0.224. The zero-order valence-corrected chi connectivity index (χ0v) is 18.8. The lowest BCUT2D eigenvalue weighted by Crippen LogP contribution is -2.18. The van der Waals surface area contributed by atoms with E-state index in [0.717, 1.165) is 28.2 Å². The van der Waals surface area contributed by atoms with Crippen LogP contribution in [0.2, 0.25) is 5.15 Å². The number of nitrogens with zero attached hydrogens (tertiary/aromatic N) is 5. The molecular weight excluding hydrogens is 444 g/mol. The van der Waals surface area contributed by atoms with Crippen molar-refractivity contribution in [2.24, 2.45) is 0 Å². The third kappa shape index (κ3) is 3.72. The lowest BCUT2D eigenvalue weighted by Gasteiger charge is -2.19. The molecule has 1 aliphatic rings. The zero-order chi connectivity index (χ0) is 22.1. The first-order chi connectivity index (χ1) is 15.7. The summed E-state index contributed by atoms with van der Waals surface area (Å²) in [6.45, 7) is 5.65. The Morgan fingerprint density at radius 1 is 1.16 bits per heavy atom. The average molecular weight is 463 g/mol. The first kappa shape index (κ1) is 20.5. The van der Waals surface area contributed by atoms with Gasteiger partial charge in [0, 0.05) is 17.0 Å². The number of anilines is 1. The first-order valence-electron chi connectivity index (χ1n) is 9.97. The molecule has 0 bridgehead atoms. The average Bonchev–Trinajstić information content (AvgIpc) is 3.02. The van der Waals surface area contributed by atoms with Crippen molar-refractivity contribution in [3.63, 3.8) is 0 Å². The number of hydrogen-bond donors (Lipinski definition) is 1. The number of thioether (sulfide) groups is 1. The minimum atomic E-state index is -0.615. The number of para-hydroxylation sites is 2. The van der Waals surface area contributed by atoms with Crippen molar-refractivity contribution in [1.82, 2.24) is 25.0 Å². The molecule has 5 rings (SSSR count). The molecule has 7 nitrogen and oxygen atoms in total. The molecule has 4 aromatic rings. The van der Waals surface area contributed by atoms with Gasteiger partial charge >= 0.3 is 0 Å². The van der Waals surface area contributed by atoms with Crippen molar-refractivity contribution >= 4 is 29.1 Å². The van der Waals surface area contributed by atoms with Crippen LogP contribution in [-0.2, 0) is 0 Å². The van der Waals surface area contributed by atoms with E-state index in [0.29, 0.717) is 27.6 Å². The van der Waals surface area contributed by atoms with Gasteiger partial charge in [-0.15, -0.1) is 16.8 Å². The lowest BCUT2D eigenvalue weighted by atomic mass is 10.1. The van der Waals surface area contributed by atoms with E-state index < -0.39 is 6.23 Å². The third-order valence-electron chi connectivity index (χ3n) is 4.97. The number of ether oxygens (including phenoxy) is 1. The fourth-order valence-electron chi connectivity index (χ4n) is 3.52. The molecular formula is C23H19ClN6OS. The van der Waals surface area contributed by atoms with Crippen molar-refractivity contribution in [2.45, 2.75) is 18.3 Å². The molecule has 9 heteroatoms. The molecule has 3 heterocycles. The Bertz CT molecular complexity index is 1290. The normalized spacial score (nSPS) is 14.5. The summed E-state index contributed by atoms with van der Waals surface area (Å²) in [6.07, 6.45) is 1.18. The van der Waals surface area contributed by atoms with Gasteiger partial charge in [-0.25, -0.2) is 4.68 Å². The van der Waals surface area contributed by atoms with Crippen LogP contribution in [-0.4, -0.2) is 30.7 Å². The van der Waals surface area contributed by atoms with Gasteiger partial charge in [0.1, 0.15) is 5.15 Å². The molecule has 2 aromatic heterocycles. The molecule has 0 saturated carbocycles. The number of hydrogen-bond acceptors (Lipinski definition) is 7. The van der Waals surface area contributed by atoms with Crippen LogP contribution < -0.4 is 10.1 Å². The maximum Gasteiger partial charge on any atom is 0.247 e. The third-order valence-corrected chi connectivity index (χ3v) is 6.17. The maximum absolute atomic E-state index is 6.82. The summed E-state index contributed by atoms with van der Waals surface area (Å²) in [5.41, 5.74) is 4.63. The summed E-state index contributed by atoms with van der Waals surface area (Å²) < 4.78 is 8.06. The van der Waals surface area contributed by atoms with Gasteiger partial charge in [-0.1, -0.05) is 65.8 Å². The van der Waals surface area contributed by atoms with E-state index in [2.05, 4.69) is 32.2 Å². The van der Waals surface area contributed by atoms with E-state index >= 15 is 0 Å². The standard InChI is InChI=1S/C23H19ClN6OS/c1-3-13-32-23-26-22-19(27-28-23)16-11-7-8-12-17(16)25-21(31-22)18-14(2)29-30(20(18)24)15-9-5-4-6-10-15/h3-12,21,25H,1,13H2,2H3. The second kappa shape index (κ2) is 8.64. The Hall–Kier alpha value is -3.36. The highest BCUT2D eigenvalue weighted by Crippen LogP contribution is 2.41. The summed E-state index contributed by atoms with van der Waals surface area (Å²) in [5.74, 6) is 1.06. The monoisotopic (exact) mass is 462 g/mol. The van der Waals surface area contributed by atoms with Gasteiger partial charge in [-0.3, -0.25) is 0 Å². The SMILES string of the molecule is C=CCSc1nnc2c(n1)OC(c1c(C)nn(-c3ccccc3)c1Cl)Nc1ccccc1-2. The van der Waals surface area contributed by atoms with Gasteiger partial charge in [-0.2, -0.15) is 10.1 Å². The van der Waals surface area contributed by atoms with Crippen LogP contribution in [0, 0.1) is 6.92 Å². The van der Waals surface area contributed by atoms with Crippen LogP contribution in [0.1, 0.15) is 17.5 Å². The first-order valence-corrected chi connectivity index (χ1v) is 11.3. The number of halogens is 1. The fourth-order valence-corrected chi connectivity index (χ4v) is 4.41. The molecule has 0 fully saturated rings. The minimum absolute atomic E-state index is 0.386. The molecule has 0 spiro atoms. The van der Waals surface area contributed by atoms with Crippen molar-refractivity contribution in [1.29, 1.82) is 0 Å². The van der Waals surface area contributed by atoms with Crippen LogP contribution in [0.4, 0.5) is 5.69 Å². The summed E-state index contributed by atoms with van der Waals surface area (Å²) in [6, 6.07) is 17.6. The van der Waals surface area contributed by atoms with E-state index in [1.165, 1.54) is 11.8 Å². The zero-order valence-electron chi connectivity index (χ0n) is 17.2. The molecule has 1 atom stereocenters. The molecule has 2 aromatic carbocycles. The quantitative estimate of drug-likeness (QED) is 0.311. The molecule has 1 aliphatic heterocycles. The molecule has 160 valence electrons. The summed E-state index contributed by atoms with van der Waals surface area (Å²) in [4.78, 5) is 4.62. The Labute approximate surface area is 194 Å². The van der Waals surface area contributed by atoms with Crippen LogP contribution in [0.3, 0.4) is 0 Å². The molecule has 0 amide bonds. The van der Waals surface area contributed by atoms with Crippen LogP contribution in [0.5, 0.6) is 5.88 Å².